The Morgan fingerprint density at radius 1 is 1.20 bits per heavy atom. The third-order valence-electron chi connectivity index (χ3n) is 3.09. The van der Waals surface area contributed by atoms with Crippen LogP contribution in [0.5, 0.6) is 0 Å². The predicted octanol–water partition coefficient (Wildman–Crippen LogP) is 3.79. The van der Waals surface area contributed by atoms with Crippen molar-refractivity contribution in [3.05, 3.63) is 22.3 Å². The van der Waals surface area contributed by atoms with Crippen LogP contribution in [0.2, 0.25) is 0 Å². The minimum absolute atomic E-state index is 0.195. The molecular formula is C15H23IO4. The molecule has 0 fully saturated rings. The molecule has 0 aromatic rings. The van der Waals surface area contributed by atoms with Gasteiger partial charge in [0.1, 0.15) is 0 Å². The summed E-state index contributed by atoms with van der Waals surface area (Å²) in [4.78, 5) is 24.1. The van der Waals surface area contributed by atoms with E-state index in [9.17, 15) is 9.59 Å². The maximum absolute atomic E-state index is 12.0. The quantitative estimate of drug-likeness (QED) is 0.258. The van der Waals surface area contributed by atoms with E-state index in [2.05, 4.69) is 36.1 Å². The van der Waals surface area contributed by atoms with Crippen LogP contribution in [-0.2, 0) is 19.1 Å². The van der Waals surface area contributed by atoms with Gasteiger partial charge in [-0.15, -0.1) is 6.58 Å². The summed E-state index contributed by atoms with van der Waals surface area (Å²) in [7, 11) is 2.55. The molecule has 114 valence electrons. The summed E-state index contributed by atoms with van der Waals surface area (Å²) in [5.41, 5.74) is -1.33. The number of halogens is 1. The van der Waals surface area contributed by atoms with Crippen LogP contribution >= 0.6 is 22.6 Å². The Hall–Kier alpha value is -0.850. The number of carbonyl (C=O) groups excluding carboxylic acids is 2. The van der Waals surface area contributed by atoms with Crippen LogP contribution in [0.15, 0.2) is 22.3 Å². The van der Waals surface area contributed by atoms with E-state index < -0.39 is 17.4 Å². The Labute approximate surface area is 134 Å². The monoisotopic (exact) mass is 394 g/mol. The molecule has 0 spiro atoms. The van der Waals surface area contributed by atoms with Crippen molar-refractivity contribution in [1.29, 1.82) is 0 Å². The summed E-state index contributed by atoms with van der Waals surface area (Å²) in [6, 6.07) is 0. The molecule has 20 heavy (non-hydrogen) atoms. The van der Waals surface area contributed by atoms with Crippen LogP contribution < -0.4 is 0 Å². The zero-order valence-electron chi connectivity index (χ0n) is 12.4. The van der Waals surface area contributed by atoms with Gasteiger partial charge in [-0.25, -0.2) is 0 Å². The molecule has 0 atom stereocenters. The van der Waals surface area contributed by atoms with Crippen LogP contribution in [0.4, 0.5) is 0 Å². The van der Waals surface area contributed by atoms with Crippen LogP contribution in [-0.4, -0.2) is 26.2 Å². The van der Waals surface area contributed by atoms with Crippen LogP contribution in [0.3, 0.4) is 0 Å². The largest absolute Gasteiger partial charge is 0.468 e. The van der Waals surface area contributed by atoms with Gasteiger partial charge < -0.3 is 9.47 Å². The highest BCUT2D eigenvalue weighted by molar-refractivity contribution is 14.1. The van der Waals surface area contributed by atoms with E-state index in [-0.39, 0.29) is 12.8 Å². The van der Waals surface area contributed by atoms with Crippen molar-refractivity contribution in [3.8, 4) is 0 Å². The third kappa shape index (κ3) is 5.26. The van der Waals surface area contributed by atoms with E-state index in [1.54, 1.807) is 6.08 Å². The van der Waals surface area contributed by atoms with Gasteiger partial charge in [0.05, 0.1) is 14.2 Å². The summed E-state index contributed by atoms with van der Waals surface area (Å²) < 4.78 is 10.7. The lowest BCUT2D eigenvalue weighted by molar-refractivity contribution is -0.168. The summed E-state index contributed by atoms with van der Waals surface area (Å²) in [6.07, 6.45) is 7.05. The van der Waals surface area contributed by atoms with Crippen molar-refractivity contribution >= 4 is 34.5 Å². The number of allylic oxidation sites excluding steroid dienone is 3. The van der Waals surface area contributed by atoms with Crippen molar-refractivity contribution < 1.29 is 19.1 Å². The molecule has 0 amide bonds. The molecular weight excluding hydrogens is 371 g/mol. The molecule has 0 aromatic heterocycles. The average Bonchev–Trinajstić information content (AvgIpc) is 2.47. The number of hydrogen-bond acceptors (Lipinski definition) is 4. The maximum Gasteiger partial charge on any atom is 0.323 e. The average molecular weight is 394 g/mol. The van der Waals surface area contributed by atoms with Gasteiger partial charge >= 0.3 is 11.9 Å². The molecule has 0 radical (unpaired) electrons. The van der Waals surface area contributed by atoms with Crippen LogP contribution in [0.1, 0.15) is 39.0 Å². The lowest BCUT2D eigenvalue weighted by atomic mass is 9.80. The molecule has 0 N–H and O–H groups in total. The minimum atomic E-state index is -1.33. The zero-order chi connectivity index (χ0) is 15.6. The highest BCUT2D eigenvalue weighted by Crippen LogP contribution is 2.33. The smallest absolute Gasteiger partial charge is 0.323 e. The number of unbranched alkanes of at least 4 members (excludes halogenated alkanes) is 1. The standard InChI is InChI=1S/C15H23IO4/c1-5-7-8-12(16)9-11-15(10-6-2,13(17)19-3)14(18)20-4/h6,9H,2,5,7-8,10-11H2,1,3-4H3/b12-9-. The molecule has 0 rings (SSSR count). The SMILES string of the molecule is C=CCC(C/C=C(\I)CCCC)(C(=O)OC)C(=O)OC. The second-order valence-electron chi connectivity index (χ2n) is 4.52. The molecule has 0 aliphatic carbocycles. The van der Waals surface area contributed by atoms with Crippen molar-refractivity contribution in [2.75, 3.05) is 14.2 Å². The Balaban J connectivity index is 5.24. The van der Waals surface area contributed by atoms with E-state index in [0.29, 0.717) is 0 Å². The molecule has 0 saturated carbocycles. The predicted molar refractivity (Wildman–Crippen MR) is 87.5 cm³/mol. The number of ether oxygens (including phenoxy) is 2. The summed E-state index contributed by atoms with van der Waals surface area (Å²) >= 11 is 2.24. The molecule has 4 nitrogen and oxygen atoms in total. The molecule has 0 aromatic carbocycles. The van der Waals surface area contributed by atoms with Crippen LogP contribution in [0.25, 0.3) is 0 Å². The van der Waals surface area contributed by atoms with Gasteiger partial charge in [-0.1, -0.05) is 25.5 Å². The molecule has 0 unspecified atom stereocenters. The topological polar surface area (TPSA) is 52.6 Å². The highest BCUT2D eigenvalue weighted by Gasteiger charge is 2.46. The summed E-state index contributed by atoms with van der Waals surface area (Å²) in [5.74, 6) is -1.17. The van der Waals surface area contributed by atoms with Gasteiger partial charge in [0, 0.05) is 0 Å². The zero-order valence-corrected chi connectivity index (χ0v) is 14.6. The molecule has 0 heterocycles. The van der Waals surface area contributed by atoms with Gasteiger partial charge in [-0.05, 0) is 51.9 Å². The first kappa shape index (κ1) is 19.1. The van der Waals surface area contributed by atoms with Crippen molar-refractivity contribution in [3.63, 3.8) is 0 Å². The highest BCUT2D eigenvalue weighted by atomic mass is 127. The van der Waals surface area contributed by atoms with Crippen molar-refractivity contribution in [2.45, 2.75) is 39.0 Å². The fourth-order valence-electron chi connectivity index (χ4n) is 1.87. The molecule has 0 aliphatic heterocycles. The van der Waals surface area contributed by atoms with E-state index in [1.165, 1.54) is 14.2 Å². The van der Waals surface area contributed by atoms with Crippen molar-refractivity contribution in [2.24, 2.45) is 5.41 Å². The summed E-state index contributed by atoms with van der Waals surface area (Å²) in [6.45, 7) is 5.74. The fraction of sp³-hybridized carbons (Fsp3) is 0.600. The Morgan fingerprint density at radius 3 is 2.15 bits per heavy atom. The van der Waals surface area contributed by atoms with Gasteiger partial charge in [0.2, 0.25) is 0 Å². The normalized spacial score (nSPS) is 11.9. The van der Waals surface area contributed by atoms with Gasteiger partial charge in [-0.2, -0.15) is 0 Å². The van der Waals surface area contributed by atoms with E-state index in [1.807, 2.05) is 6.08 Å². The Bertz CT molecular complexity index is 358. The first-order chi connectivity index (χ1) is 9.48. The lowest BCUT2D eigenvalue weighted by Gasteiger charge is -2.25. The van der Waals surface area contributed by atoms with E-state index >= 15 is 0 Å². The Kier molecular flexibility index (Phi) is 9.54. The molecule has 5 heteroatoms. The fourth-order valence-corrected chi connectivity index (χ4v) is 2.47. The lowest BCUT2D eigenvalue weighted by Crippen LogP contribution is -2.40. The number of esters is 2. The molecule has 0 bridgehead atoms. The van der Waals surface area contributed by atoms with E-state index in [0.717, 1.165) is 22.8 Å². The van der Waals surface area contributed by atoms with Gasteiger partial charge in [0.25, 0.3) is 0 Å². The number of carbonyl (C=O) groups is 2. The third-order valence-corrected chi connectivity index (χ3v) is 4.07. The first-order valence-electron chi connectivity index (χ1n) is 6.60. The molecule has 0 saturated heterocycles. The Morgan fingerprint density at radius 2 is 1.75 bits per heavy atom. The maximum atomic E-state index is 12.0. The number of rotatable bonds is 9. The van der Waals surface area contributed by atoms with Crippen LogP contribution in [0, 0.1) is 5.41 Å². The number of methoxy groups -OCH3 is 2. The first-order valence-corrected chi connectivity index (χ1v) is 7.68. The second-order valence-corrected chi connectivity index (χ2v) is 5.90. The minimum Gasteiger partial charge on any atom is -0.468 e. The second kappa shape index (κ2) is 9.96. The molecule has 0 aliphatic rings. The van der Waals surface area contributed by atoms with Gasteiger partial charge in [-0.3, -0.25) is 9.59 Å². The van der Waals surface area contributed by atoms with Gasteiger partial charge in [0.15, 0.2) is 5.41 Å². The van der Waals surface area contributed by atoms with E-state index in [4.69, 9.17) is 9.47 Å². The summed E-state index contributed by atoms with van der Waals surface area (Å²) in [5, 5.41) is 0. The number of hydrogen-bond donors (Lipinski definition) is 0. The van der Waals surface area contributed by atoms with Crippen molar-refractivity contribution in [1.82, 2.24) is 0 Å².